The molecule has 0 aliphatic rings. The number of phosphoric ester groups is 1. The Hall–Kier alpha value is -0.950. The molecule has 0 saturated carbocycles. The van der Waals surface area contributed by atoms with Crippen molar-refractivity contribution in [1.82, 2.24) is 5.32 Å². The van der Waals surface area contributed by atoms with Crippen LogP contribution >= 0.6 is 7.82 Å². The van der Waals surface area contributed by atoms with Gasteiger partial charge in [0.1, 0.15) is 7.11 Å². The lowest BCUT2D eigenvalue weighted by Gasteiger charge is -2.24. The first-order valence-electron chi connectivity index (χ1n) is 6.48. The number of hydrogen-bond acceptors (Lipinski definition) is 6. The molecular weight excluding hydrogens is 299 g/mol. The number of amides is 1. The van der Waals surface area contributed by atoms with Gasteiger partial charge in [-0.15, -0.1) is 0 Å². The summed E-state index contributed by atoms with van der Waals surface area (Å²) in [4.78, 5) is 25.6. The molecule has 8 nitrogen and oxygen atoms in total. The predicted octanol–water partition coefficient (Wildman–Crippen LogP) is 1.69. The van der Waals surface area contributed by atoms with Crippen molar-refractivity contribution in [3.63, 3.8) is 0 Å². The molecule has 0 saturated heterocycles. The topological polar surface area (TPSA) is 106 Å². The molecule has 1 amide bonds. The van der Waals surface area contributed by atoms with E-state index in [1.807, 2.05) is 0 Å². The van der Waals surface area contributed by atoms with Crippen molar-refractivity contribution < 1.29 is 28.1 Å². The lowest BCUT2D eigenvalue weighted by atomic mass is 9.90. The van der Waals surface area contributed by atoms with Crippen molar-refractivity contribution in [1.29, 1.82) is 0 Å². The molecule has 0 aromatic carbocycles. The molecule has 9 heteroatoms. The van der Waals surface area contributed by atoms with Crippen molar-refractivity contribution in [3.8, 4) is 0 Å². The van der Waals surface area contributed by atoms with E-state index in [2.05, 4.69) is 19.8 Å². The molecule has 0 rings (SSSR count). The van der Waals surface area contributed by atoms with Gasteiger partial charge in [0.25, 0.3) is 0 Å². The van der Waals surface area contributed by atoms with E-state index in [4.69, 9.17) is 9.42 Å². The van der Waals surface area contributed by atoms with Gasteiger partial charge in [-0.1, -0.05) is 19.0 Å². The van der Waals surface area contributed by atoms with E-state index in [0.29, 0.717) is 13.0 Å². The fraction of sp³-hybridized carbons (Fsp3) is 0.833. The monoisotopic (exact) mass is 324 g/mol. The zero-order valence-electron chi connectivity index (χ0n) is 13.2. The number of phosphoric acid groups is 1. The van der Waals surface area contributed by atoms with Crippen molar-refractivity contribution in [2.75, 3.05) is 27.4 Å². The van der Waals surface area contributed by atoms with E-state index in [1.165, 1.54) is 7.11 Å². The Balaban J connectivity index is 4.12. The Kier molecular flexibility index (Phi) is 8.73. The summed E-state index contributed by atoms with van der Waals surface area (Å²) in [6, 6.07) is 0. The number of carbonyl (C=O) groups excluding carboxylic acids is 1. The largest absolute Gasteiger partial charge is 0.471 e. The number of hydrogen-bond donors (Lipinski definition) is 2. The van der Waals surface area contributed by atoms with Crippen LogP contribution in [0.5, 0.6) is 0 Å². The first kappa shape index (κ1) is 20.1. The van der Waals surface area contributed by atoms with Gasteiger partial charge in [0, 0.05) is 26.5 Å². The number of carbonyl (C=O) groups is 1. The summed E-state index contributed by atoms with van der Waals surface area (Å²) in [6.07, 6.45) is 0.753. The van der Waals surface area contributed by atoms with Gasteiger partial charge in [-0.25, -0.2) is 4.57 Å². The Morgan fingerprint density at radius 1 is 1.38 bits per heavy atom. The highest BCUT2D eigenvalue weighted by molar-refractivity contribution is 7.47. The quantitative estimate of drug-likeness (QED) is 0.360. The van der Waals surface area contributed by atoms with E-state index in [1.54, 1.807) is 20.8 Å². The second-order valence-corrected chi connectivity index (χ2v) is 6.94. The van der Waals surface area contributed by atoms with Crippen LogP contribution in [0.3, 0.4) is 0 Å². The maximum absolute atomic E-state index is 11.8. The fourth-order valence-electron chi connectivity index (χ4n) is 1.44. The summed E-state index contributed by atoms with van der Waals surface area (Å²) in [5.74, 6) is -0.168. The van der Waals surface area contributed by atoms with Gasteiger partial charge in [-0.05, 0) is 12.3 Å². The van der Waals surface area contributed by atoms with Gasteiger partial charge in [0.2, 0.25) is 5.91 Å². The van der Waals surface area contributed by atoms with Gasteiger partial charge in [-0.3, -0.25) is 13.8 Å². The van der Waals surface area contributed by atoms with Crippen LogP contribution in [-0.2, 0) is 23.2 Å². The molecule has 0 aliphatic heterocycles. The molecule has 21 heavy (non-hydrogen) atoms. The summed E-state index contributed by atoms with van der Waals surface area (Å²) in [7, 11) is -1.47. The van der Waals surface area contributed by atoms with Gasteiger partial charge in [-0.2, -0.15) is 0 Å². The van der Waals surface area contributed by atoms with E-state index in [0.717, 1.165) is 12.8 Å². The van der Waals surface area contributed by atoms with Crippen LogP contribution in [0.4, 0.5) is 0 Å². The third-order valence-electron chi connectivity index (χ3n) is 2.54. The molecule has 2 N–H and O–H groups in total. The molecule has 124 valence electrons. The van der Waals surface area contributed by atoms with Gasteiger partial charge >= 0.3 is 7.82 Å². The van der Waals surface area contributed by atoms with Gasteiger partial charge in [0.05, 0.1) is 12.3 Å². The van der Waals surface area contributed by atoms with Crippen LogP contribution in [-0.4, -0.2) is 43.9 Å². The first-order chi connectivity index (χ1) is 9.62. The summed E-state index contributed by atoms with van der Waals surface area (Å²) in [6.45, 7) is 5.72. The average Bonchev–Trinajstić information content (AvgIpc) is 2.36. The molecule has 0 heterocycles. The SMILES string of the molecule is CO/N=C(\C)CCNC(=O)CC(C)(C)COP(=O)(O)OC. The first-order valence-corrected chi connectivity index (χ1v) is 7.98. The zero-order valence-corrected chi connectivity index (χ0v) is 14.1. The highest BCUT2D eigenvalue weighted by Crippen LogP contribution is 2.43. The molecule has 0 radical (unpaired) electrons. The van der Waals surface area contributed by atoms with Crippen LogP contribution in [0.1, 0.15) is 33.6 Å². The molecular formula is C12H25N2O6P. The van der Waals surface area contributed by atoms with Crippen LogP contribution in [0.2, 0.25) is 0 Å². The Bertz CT molecular complexity index is 411. The van der Waals surface area contributed by atoms with Gasteiger partial charge < -0.3 is 15.0 Å². The predicted molar refractivity (Wildman–Crippen MR) is 78.9 cm³/mol. The third-order valence-corrected chi connectivity index (χ3v) is 3.46. The molecule has 1 unspecified atom stereocenters. The molecule has 0 fully saturated rings. The lowest BCUT2D eigenvalue weighted by molar-refractivity contribution is -0.123. The summed E-state index contributed by atoms with van der Waals surface area (Å²) in [5.41, 5.74) is 0.193. The standard InChI is InChI=1S/C12H25N2O6P/c1-10(14-18-4)6-7-13-11(15)8-12(2,3)9-20-21(16,17)19-5/h6-9H2,1-5H3,(H,13,15)(H,16,17)/b14-10+. The minimum Gasteiger partial charge on any atom is -0.399 e. The smallest absolute Gasteiger partial charge is 0.399 e. The number of nitrogens with one attached hydrogen (secondary N) is 1. The van der Waals surface area contributed by atoms with Crippen molar-refractivity contribution >= 4 is 19.4 Å². The highest BCUT2D eigenvalue weighted by Gasteiger charge is 2.28. The molecule has 0 aromatic rings. The Labute approximate surface area is 125 Å². The summed E-state index contributed by atoms with van der Waals surface area (Å²) >= 11 is 0. The van der Waals surface area contributed by atoms with E-state index >= 15 is 0 Å². The minimum absolute atomic E-state index is 0.0633. The number of nitrogens with zero attached hydrogens (tertiary/aromatic N) is 1. The average molecular weight is 324 g/mol. The molecule has 0 bridgehead atoms. The molecule has 0 aromatic heterocycles. The highest BCUT2D eigenvalue weighted by atomic mass is 31.2. The van der Waals surface area contributed by atoms with Crippen molar-refractivity contribution in [3.05, 3.63) is 0 Å². The van der Waals surface area contributed by atoms with Crippen LogP contribution in [0.15, 0.2) is 5.16 Å². The second-order valence-electron chi connectivity index (χ2n) is 5.37. The van der Waals surface area contributed by atoms with Gasteiger partial charge in [0.15, 0.2) is 0 Å². The van der Waals surface area contributed by atoms with Crippen molar-refractivity contribution in [2.24, 2.45) is 10.6 Å². The van der Waals surface area contributed by atoms with E-state index < -0.39 is 13.2 Å². The normalized spacial score (nSPS) is 15.4. The second kappa shape index (κ2) is 9.15. The zero-order chi connectivity index (χ0) is 16.5. The summed E-state index contributed by atoms with van der Waals surface area (Å²) in [5, 5.41) is 6.48. The maximum Gasteiger partial charge on any atom is 0.471 e. The Morgan fingerprint density at radius 2 is 2.00 bits per heavy atom. The number of rotatable bonds is 10. The Morgan fingerprint density at radius 3 is 2.52 bits per heavy atom. The van der Waals surface area contributed by atoms with Crippen molar-refractivity contribution in [2.45, 2.75) is 33.6 Å². The molecule has 1 atom stereocenters. The fourth-order valence-corrected chi connectivity index (χ4v) is 2.06. The lowest BCUT2D eigenvalue weighted by Crippen LogP contribution is -2.32. The van der Waals surface area contributed by atoms with E-state index in [9.17, 15) is 9.36 Å². The maximum atomic E-state index is 11.8. The molecule has 0 aliphatic carbocycles. The van der Waals surface area contributed by atoms with Crippen LogP contribution < -0.4 is 5.32 Å². The minimum atomic E-state index is -4.02. The third kappa shape index (κ3) is 10.4. The number of oxime groups is 1. The molecule has 0 spiro atoms. The van der Waals surface area contributed by atoms with Crippen LogP contribution in [0, 0.1) is 5.41 Å². The van der Waals surface area contributed by atoms with E-state index in [-0.39, 0.29) is 18.9 Å². The summed E-state index contributed by atoms with van der Waals surface area (Å²) < 4.78 is 20.3. The van der Waals surface area contributed by atoms with Crippen LogP contribution in [0.25, 0.3) is 0 Å².